The van der Waals surface area contributed by atoms with E-state index in [-0.39, 0.29) is 11.7 Å². The Morgan fingerprint density at radius 1 is 1.55 bits per heavy atom. The molecule has 1 aliphatic rings. The maximum atomic E-state index is 12.7. The van der Waals surface area contributed by atoms with Gasteiger partial charge in [-0.05, 0) is 24.3 Å². The second kappa shape index (κ2) is 3.34. The first-order valence-electron chi connectivity index (χ1n) is 3.56. The van der Waals surface area contributed by atoms with Crippen molar-refractivity contribution < 1.29 is 12.8 Å². The van der Waals surface area contributed by atoms with Gasteiger partial charge in [0, 0.05) is 0 Å². The zero-order valence-corrected chi connectivity index (χ0v) is 7.02. The minimum Gasteiger partial charge on any atom is -0.243 e. The van der Waals surface area contributed by atoms with Crippen molar-refractivity contribution in [3.05, 3.63) is 12.2 Å². The molecule has 2 nitrogen and oxygen atoms in total. The molecule has 0 aromatic heterocycles. The first kappa shape index (κ1) is 8.71. The van der Waals surface area contributed by atoms with Gasteiger partial charge in [0.2, 0.25) is 0 Å². The van der Waals surface area contributed by atoms with Gasteiger partial charge in [-0.3, -0.25) is 0 Å². The average molecular weight is 178 g/mol. The zero-order valence-electron chi connectivity index (χ0n) is 6.12. The Morgan fingerprint density at radius 2 is 2.18 bits per heavy atom. The molecule has 4 heteroatoms. The van der Waals surface area contributed by atoms with Gasteiger partial charge in [0.25, 0.3) is 0 Å². The van der Waals surface area contributed by atoms with E-state index >= 15 is 0 Å². The van der Waals surface area contributed by atoms with Crippen LogP contribution in [0, 0.1) is 5.92 Å². The molecule has 1 rings (SSSR count). The van der Waals surface area contributed by atoms with Crippen LogP contribution in [0.1, 0.15) is 12.8 Å². The standard InChI is InChI=1S/C7H11FO2S/c1-5-6(4-11(9)10)2-3-7(5)8/h6-7,11H,1-4H2. The third kappa shape index (κ3) is 2.02. The highest BCUT2D eigenvalue weighted by molar-refractivity contribution is 7.72. The Morgan fingerprint density at radius 3 is 2.55 bits per heavy atom. The van der Waals surface area contributed by atoms with Crippen LogP contribution in [0.2, 0.25) is 0 Å². The molecule has 2 atom stereocenters. The van der Waals surface area contributed by atoms with Crippen LogP contribution in [-0.2, 0) is 10.7 Å². The maximum absolute atomic E-state index is 12.7. The van der Waals surface area contributed by atoms with Gasteiger partial charge in [-0.1, -0.05) is 6.58 Å². The zero-order chi connectivity index (χ0) is 8.43. The first-order chi connectivity index (χ1) is 5.11. The molecule has 1 saturated carbocycles. The van der Waals surface area contributed by atoms with Crippen molar-refractivity contribution in [2.24, 2.45) is 5.92 Å². The van der Waals surface area contributed by atoms with Crippen molar-refractivity contribution in [1.29, 1.82) is 0 Å². The number of alkyl halides is 1. The molecule has 0 amide bonds. The number of allylic oxidation sites excluding steroid dienone is 1. The third-order valence-electron chi connectivity index (χ3n) is 2.06. The molecular formula is C7H11FO2S. The van der Waals surface area contributed by atoms with Crippen molar-refractivity contribution in [2.45, 2.75) is 19.0 Å². The summed E-state index contributed by atoms with van der Waals surface area (Å²) in [6.07, 6.45) is 0.0886. The molecule has 64 valence electrons. The van der Waals surface area contributed by atoms with Crippen LogP contribution in [0.15, 0.2) is 12.2 Å². The maximum Gasteiger partial charge on any atom is 0.140 e. The molecule has 0 aliphatic heterocycles. The molecule has 0 aromatic carbocycles. The second-order valence-corrected chi connectivity index (χ2v) is 3.86. The predicted molar refractivity (Wildman–Crippen MR) is 41.9 cm³/mol. The number of thiol groups is 1. The molecule has 0 aromatic rings. The van der Waals surface area contributed by atoms with E-state index in [0.29, 0.717) is 18.4 Å². The van der Waals surface area contributed by atoms with E-state index in [1.54, 1.807) is 0 Å². The average Bonchev–Trinajstić information content (AvgIpc) is 2.18. The quantitative estimate of drug-likeness (QED) is 0.503. The van der Waals surface area contributed by atoms with Crippen LogP contribution in [-0.4, -0.2) is 20.3 Å². The highest BCUT2D eigenvalue weighted by Crippen LogP contribution is 2.32. The van der Waals surface area contributed by atoms with Crippen LogP contribution in [0.5, 0.6) is 0 Å². The molecule has 0 radical (unpaired) electrons. The van der Waals surface area contributed by atoms with E-state index in [1.165, 1.54) is 0 Å². The molecule has 1 aliphatic carbocycles. The van der Waals surface area contributed by atoms with E-state index in [0.717, 1.165) is 0 Å². The summed E-state index contributed by atoms with van der Waals surface area (Å²) in [6, 6.07) is 0. The Hall–Kier alpha value is -0.380. The molecule has 11 heavy (non-hydrogen) atoms. The molecule has 2 unspecified atom stereocenters. The van der Waals surface area contributed by atoms with Crippen molar-refractivity contribution in [3.63, 3.8) is 0 Å². The van der Waals surface area contributed by atoms with Crippen molar-refractivity contribution in [1.82, 2.24) is 0 Å². The van der Waals surface area contributed by atoms with E-state index in [4.69, 9.17) is 0 Å². The fourth-order valence-corrected chi connectivity index (χ4v) is 2.14. The van der Waals surface area contributed by atoms with Crippen LogP contribution in [0.25, 0.3) is 0 Å². The first-order valence-corrected chi connectivity index (χ1v) is 4.92. The lowest BCUT2D eigenvalue weighted by Crippen LogP contribution is -2.06. The summed E-state index contributed by atoms with van der Waals surface area (Å²) in [5.41, 5.74) is 0.462. The highest BCUT2D eigenvalue weighted by atomic mass is 32.2. The molecule has 0 bridgehead atoms. The largest absolute Gasteiger partial charge is 0.243 e. The van der Waals surface area contributed by atoms with Gasteiger partial charge in [0.15, 0.2) is 0 Å². The Kier molecular flexibility index (Phi) is 2.65. The summed E-state index contributed by atoms with van der Waals surface area (Å²) in [6.45, 7) is 3.53. The number of rotatable bonds is 2. The van der Waals surface area contributed by atoms with E-state index in [9.17, 15) is 12.8 Å². The number of hydrogen-bond acceptors (Lipinski definition) is 2. The monoisotopic (exact) mass is 178 g/mol. The van der Waals surface area contributed by atoms with E-state index in [1.807, 2.05) is 0 Å². The van der Waals surface area contributed by atoms with Gasteiger partial charge < -0.3 is 0 Å². The van der Waals surface area contributed by atoms with E-state index in [2.05, 4.69) is 6.58 Å². The van der Waals surface area contributed by atoms with Crippen molar-refractivity contribution in [3.8, 4) is 0 Å². The summed E-state index contributed by atoms with van der Waals surface area (Å²) < 4.78 is 33.3. The van der Waals surface area contributed by atoms with Crippen LogP contribution >= 0.6 is 0 Å². The molecule has 0 spiro atoms. The highest BCUT2D eigenvalue weighted by Gasteiger charge is 2.28. The SMILES string of the molecule is C=C1C(F)CCC1C[SH](=O)=O. The van der Waals surface area contributed by atoms with Crippen LogP contribution < -0.4 is 0 Å². The van der Waals surface area contributed by atoms with Crippen molar-refractivity contribution in [2.75, 3.05) is 5.75 Å². The minimum absolute atomic E-state index is 0.0641. The molecule has 1 fully saturated rings. The molecule has 0 heterocycles. The summed E-state index contributed by atoms with van der Waals surface area (Å²) in [5, 5.41) is 0. The predicted octanol–water partition coefficient (Wildman–Crippen LogP) is 0.902. The topological polar surface area (TPSA) is 34.1 Å². The summed E-state index contributed by atoms with van der Waals surface area (Å²) in [5.74, 6) is -0.0692. The smallest absolute Gasteiger partial charge is 0.140 e. The van der Waals surface area contributed by atoms with Crippen LogP contribution in [0.3, 0.4) is 0 Å². The van der Waals surface area contributed by atoms with Crippen LogP contribution in [0.4, 0.5) is 4.39 Å². The Labute approximate surface area is 67.1 Å². The van der Waals surface area contributed by atoms with Gasteiger partial charge in [-0.15, -0.1) is 0 Å². The lowest BCUT2D eigenvalue weighted by Gasteiger charge is -2.05. The second-order valence-electron chi connectivity index (χ2n) is 2.83. The normalized spacial score (nSPS) is 31.6. The van der Waals surface area contributed by atoms with Gasteiger partial charge in [0.1, 0.15) is 16.9 Å². The number of halogens is 1. The van der Waals surface area contributed by atoms with Gasteiger partial charge in [0.05, 0.1) is 5.75 Å². The fourth-order valence-electron chi connectivity index (χ4n) is 1.36. The lowest BCUT2D eigenvalue weighted by molar-refractivity contribution is 0.390. The minimum atomic E-state index is -2.38. The third-order valence-corrected chi connectivity index (χ3v) is 2.80. The van der Waals surface area contributed by atoms with Gasteiger partial charge >= 0.3 is 0 Å². The van der Waals surface area contributed by atoms with Gasteiger partial charge in [-0.25, -0.2) is 12.8 Å². The summed E-state index contributed by atoms with van der Waals surface area (Å²) in [7, 11) is -2.38. The fraction of sp³-hybridized carbons (Fsp3) is 0.714. The van der Waals surface area contributed by atoms with Gasteiger partial charge in [-0.2, -0.15) is 0 Å². The summed E-state index contributed by atoms with van der Waals surface area (Å²) in [4.78, 5) is 0. The number of hydrogen-bond donors (Lipinski definition) is 1. The molecule has 0 saturated heterocycles. The van der Waals surface area contributed by atoms with E-state index < -0.39 is 16.9 Å². The Bertz CT molecular complexity index is 227. The molecular weight excluding hydrogens is 167 g/mol. The molecule has 0 N–H and O–H groups in total. The van der Waals surface area contributed by atoms with Crippen molar-refractivity contribution >= 4 is 10.7 Å². The lowest BCUT2D eigenvalue weighted by atomic mass is 10.1. The Balaban J connectivity index is 2.55. The summed E-state index contributed by atoms with van der Waals surface area (Å²) >= 11 is 0.